The van der Waals surface area contributed by atoms with E-state index in [1.807, 2.05) is 0 Å². The molecular formula is C25H20F2N2O5S. The number of hydrogen-bond acceptors (Lipinski definition) is 7. The van der Waals surface area contributed by atoms with Crippen molar-refractivity contribution >= 4 is 28.4 Å². The second kappa shape index (κ2) is 10.6. The zero-order valence-corrected chi connectivity index (χ0v) is 19.6. The van der Waals surface area contributed by atoms with Gasteiger partial charge in [0.25, 0.3) is 5.56 Å². The molecule has 0 N–H and O–H groups in total. The second-order valence-corrected chi connectivity index (χ2v) is 8.15. The van der Waals surface area contributed by atoms with Crippen molar-refractivity contribution in [3.8, 4) is 22.9 Å². The van der Waals surface area contributed by atoms with Gasteiger partial charge in [0, 0.05) is 5.56 Å². The number of para-hydroxylation sites is 1. The third kappa shape index (κ3) is 5.27. The smallest absolute Gasteiger partial charge is 0.387 e. The molecule has 0 amide bonds. The van der Waals surface area contributed by atoms with Gasteiger partial charge < -0.3 is 14.2 Å². The second-order valence-electron chi connectivity index (χ2n) is 7.21. The standard InChI is InChI=1S/C25H20F2N2O5S/c1-32-21-12-7-15(13-22(21)33-2)20(30)14-35-25-28-19-6-4-3-5-18(19)23(31)29(25)16-8-10-17(11-9-16)34-24(26)27/h3-13,24H,14H2,1-2H3. The summed E-state index contributed by atoms with van der Waals surface area (Å²) < 4.78 is 41.2. The molecule has 4 aromatic rings. The van der Waals surface area contributed by atoms with Crippen molar-refractivity contribution in [3.05, 3.63) is 82.6 Å². The SMILES string of the molecule is COc1ccc(C(=O)CSc2nc3ccccc3c(=O)n2-c2ccc(OC(F)F)cc2)cc1OC. The number of ketones is 1. The molecule has 0 saturated carbocycles. The number of fused-ring (bicyclic) bond motifs is 1. The molecule has 0 unspecified atom stereocenters. The molecule has 1 heterocycles. The lowest BCUT2D eigenvalue weighted by atomic mass is 10.1. The number of benzene rings is 3. The van der Waals surface area contributed by atoms with E-state index in [0.717, 1.165) is 11.8 Å². The Morgan fingerprint density at radius 3 is 2.40 bits per heavy atom. The van der Waals surface area contributed by atoms with Crippen LogP contribution in [0.5, 0.6) is 17.2 Å². The monoisotopic (exact) mass is 498 g/mol. The van der Waals surface area contributed by atoms with E-state index in [9.17, 15) is 18.4 Å². The maximum Gasteiger partial charge on any atom is 0.387 e. The van der Waals surface area contributed by atoms with Crippen LogP contribution in [0.3, 0.4) is 0 Å². The summed E-state index contributed by atoms with van der Waals surface area (Å²) in [7, 11) is 2.99. The van der Waals surface area contributed by atoms with Crippen LogP contribution in [0.25, 0.3) is 16.6 Å². The van der Waals surface area contributed by atoms with Crippen molar-refractivity contribution in [2.24, 2.45) is 0 Å². The van der Waals surface area contributed by atoms with Gasteiger partial charge in [-0.2, -0.15) is 8.78 Å². The molecule has 0 spiro atoms. The summed E-state index contributed by atoms with van der Waals surface area (Å²) in [5.74, 6) is 0.678. The van der Waals surface area contributed by atoms with Crippen LogP contribution in [0.4, 0.5) is 8.78 Å². The summed E-state index contributed by atoms with van der Waals surface area (Å²) in [5, 5.41) is 0.668. The summed E-state index contributed by atoms with van der Waals surface area (Å²) in [6.07, 6.45) is 0. The first-order valence-corrected chi connectivity index (χ1v) is 11.3. The zero-order chi connectivity index (χ0) is 24.9. The number of Topliss-reactive ketones (excluding diaryl/α,β-unsaturated/α-hetero) is 1. The summed E-state index contributed by atoms with van der Waals surface area (Å²) in [4.78, 5) is 30.8. The highest BCUT2D eigenvalue weighted by Gasteiger charge is 2.17. The van der Waals surface area contributed by atoms with Gasteiger partial charge in [-0.15, -0.1) is 0 Å². The molecule has 180 valence electrons. The minimum atomic E-state index is -2.96. The Kier molecular flexibility index (Phi) is 7.31. The fourth-order valence-electron chi connectivity index (χ4n) is 3.44. The van der Waals surface area contributed by atoms with Gasteiger partial charge in [-0.1, -0.05) is 23.9 Å². The Morgan fingerprint density at radius 2 is 1.71 bits per heavy atom. The van der Waals surface area contributed by atoms with E-state index in [-0.39, 0.29) is 28.0 Å². The molecule has 0 aliphatic heterocycles. The maximum atomic E-state index is 13.3. The van der Waals surface area contributed by atoms with Gasteiger partial charge in [0.2, 0.25) is 0 Å². The Hall–Kier alpha value is -3.92. The van der Waals surface area contributed by atoms with E-state index in [1.54, 1.807) is 42.5 Å². The van der Waals surface area contributed by atoms with Gasteiger partial charge in [-0.25, -0.2) is 4.98 Å². The third-order valence-electron chi connectivity index (χ3n) is 5.10. The number of nitrogens with zero attached hydrogens (tertiary/aromatic N) is 2. The molecule has 0 saturated heterocycles. The van der Waals surface area contributed by atoms with Gasteiger partial charge in [-0.05, 0) is 54.6 Å². The molecule has 0 atom stereocenters. The molecule has 4 rings (SSSR count). The molecule has 35 heavy (non-hydrogen) atoms. The topological polar surface area (TPSA) is 79.7 Å². The Balaban J connectivity index is 1.69. The third-order valence-corrected chi connectivity index (χ3v) is 6.04. The quantitative estimate of drug-likeness (QED) is 0.183. The normalized spacial score (nSPS) is 11.0. The van der Waals surface area contributed by atoms with Gasteiger partial charge in [0.05, 0.1) is 36.6 Å². The van der Waals surface area contributed by atoms with Crippen LogP contribution in [-0.2, 0) is 0 Å². The number of thioether (sulfide) groups is 1. The Morgan fingerprint density at radius 1 is 1.00 bits per heavy atom. The molecular weight excluding hydrogens is 478 g/mol. The average molecular weight is 499 g/mol. The van der Waals surface area contributed by atoms with E-state index in [0.29, 0.717) is 33.7 Å². The number of halogens is 2. The minimum Gasteiger partial charge on any atom is -0.493 e. The largest absolute Gasteiger partial charge is 0.493 e. The van der Waals surface area contributed by atoms with Gasteiger partial charge in [-0.3, -0.25) is 14.2 Å². The van der Waals surface area contributed by atoms with Gasteiger partial charge in [0.1, 0.15) is 5.75 Å². The van der Waals surface area contributed by atoms with Crippen molar-refractivity contribution in [1.29, 1.82) is 0 Å². The molecule has 10 heteroatoms. The fraction of sp³-hybridized carbons (Fsp3) is 0.160. The molecule has 0 bridgehead atoms. The van der Waals surface area contributed by atoms with Crippen molar-refractivity contribution in [3.63, 3.8) is 0 Å². The first kappa shape index (κ1) is 24.2. The number of alkyl halides is 2. The Labute approximate surface area is 203 Å². The average Bonchev–Trinajstić information content (AvgIpc) is 2.87. The molecule has 0 aliphatic carbocycles. The highest BCUT2D eigenvalue weighted by atomic mass is 32.2. The van der Waals surface area contributed by atoms with Crippen molar-refractivity contribution in [1.82, 2.24) is 9.55 Å². The summed E-state index contributed by atoms with van der Waals surface area (Å²) >= 11 is 1.09. The first-order valence-electron chi connectivity index (χ1n) is 10.4. The first-order chi connectivity index (χ1) is 16.9. The fourth-order valence-corrected chi connectivity index (χ4v) is 4.34. The number of hydrogen-bond donors (Lipinski definition) is 0. The van der Waals surface area contributed by atoms with Gasteiger partial charge in [0.15, 0.2) is 22.4 Å². The van der Waals surface area contributed by atoms with E-state index in [4.69, 9.17) is 9.47 Å². The molecule has 1 aromatic heterocycles. The zero-order valence-electron chi connectivity index (χ0n) is 18.7. The van der Waals surface area contributed by atoms with Crippen molar-refractivity contribution < 1.29 is 27.8 Å². The molecule has 7 nitrogen and oxygen atoms in total. The lowest BCUT2D eigenvalue weighted by Crippen LogP contribution is -2.22. The van der Waals surface area contributed by atoms with Crippen molar-refractivity contribution in [2.75, 3.05) is 20.0 Å². The number of carbonyl (C=O) groups is 1. The lowest BCUT2D eigenvalue weighted by molar-refractivity contribution is -0.0498. The highest BCUT2D eigenvalue weighted by Crippen LogP contribution is 2.29. The summed E-state index contributed by atoms with van der Waals surface area (Å²) in [6.45, 7) is -2.96. The summed E-state index contributed by atoms with van der Waals surface area (Å²) in [6, 6.07) is 17.4. The molecule has 0 aliphatic rings. The molecule has 0 radical (unpaired) electrons. The highest BCUT2D eigenvalue weighted by molar-refractivity contribution is 7.99. The predicted molar refractivity (Wildman–Crippen MR) is 129 cm³/mol. The number of aromatic nitrogens is 2. The number of ether oxygens (including phenoxy) is 3. The van der Waals surface area contributed by atoms with Gasteiger partial charge >= 0.3 is 6.61 Å². The lowest BCUT2D eigenvalue weighted by Gasteiger charge is -2.14. The predicted octanol–water partition coefficient (Wildman–Crippen LogP) is 4.98. The van der Waals surface area contributed by atoms with Crippen LogP contribution in [0.15, 0.2) is 76.7 Å². The summed E-state index contributed by atoms with van der Waals surface area (Å²) in [5.41, 5.74) is 0.945. The van der Waals surface area contributed by atoms with Crippen LogP contribution in [0.2, 0.25) is 0 Å². The van der Waals surface area contributed by atoms with E-state index in [2.05, 4.69) is 9.72 Å². The number of rotatable bonds is 9. The maximum absolute atomic E-state index is 13.3. The molecule has 0 fully saturated rings. The number of carbonyl (C=O) groups excluding carboxylic acids is 1. The minimum absolute atomic E-state index is 0.00710. The van der Waals surface area contributed by atoms with Crippen LogP contribution in [-0.4, -0.2) is 41.9 Å². The Bertz CT molecular complexity index is 1420. The van der Waals surface area contributed by atoms with Crippen LogP contribution < -0.4 is 19.8 Å². The van der Waals surface area contributed by atoms with E-state index >= 15 is 0 Å². The van der Waals surface area contributed by atoms with Crippen LogP contribution in [0, 0.1) is 0 Å². The van der Waals surface area contributed by atoms with E-state index in [1.165, 1.54) is 43.1 Å². The van der Waals surface area contributed by atoms with E-state index < -0.39 is 6.61 Å². The number of methoxy groups -OCH3 is 2. The molecule has 3 aromatic carbocycles. The van der Waals surface area contributed by atoms with Crippen LogP contribution >= 0.6 is 11.8 Å². The van der Waals surface area contributed by atoms with Crippen LogP contribution in [0.1, 0.15) is 10.4 Å². The van der Waals surface area contributed by atoms with Crippen molar-refractivity contribution in [2.45, 2.75) is 11.8 Å².